The summed E-state index contributed by atoms with van der Waals surface area (Å²) in [7, 11) is 0. The van der Waals surface area contributed by atoms with E-state index in [1.54, 1.807) is 0 Å². The van der Waals surface area contributed by atoms with Crippen LogP contribution in [0.1, 0.15) is 20.8 Å². The number of hydrogen-bond acceptors (Lipinski definition) is 3. The van der Waals surface area contributed by atoms with Gasteiger partial charge in [0, 0.05) is 17.8 Å². The minimum atomic E-state index is -1.91. The normalized spacial score (nSPS) is 15.2. The minimum absolute atomic E-state index is 0.0133. The van der Waals surface area contributed by atoms with Gasteiger partial charge in [-0.2, -0.15) is 0 Å². The summed E-state index contributed by atoms with van der Waals surface area (Å²) in [5.74, 6) is 0.192. The highest BCUT2D eigenvalue weighted by atomic mass is 32.2. The van der Waals surface area contributed by atoms with Gasteiger partial charge in [-0.15, -0.1) is 0 Å². The van der Waals surface area contributed by atoms with Crippen molar-refractivity contribution >= 4 is 11.1 Å². The third kappa shape index (κ3) is 8.07. The Bertz CT molecular complexity index is 119. The Morgan fingerprint density at radius 1 is 1.50 bits per heavy atom. The lowest BCUT2D eigenvalue weighted by Gasteiger charge is -2.20. The monoisotopic (exact) mass is 164 g/mol. The maximum atomic E-state index is 10.0. The summed E-state index contributed by atoms with van der Waals surface area (Å²) >= 11 is -1.91. The molecule has 0 heterocycles. The van der Waals surface area contributed by atoms with Crippen LogP contribution in [-0.2, 0) is 11.1 Å². The van der Waals surface area contributed by atoms with Crippen LogP contribution in [0.25, 0.3) is 0 Å². The van der Waals surface area contributed by atoms with Crippen molar-refractivity contribution in [3.8, 4) is 0 Å². The van der Waals surface area contributed by atoms with E-state index in [1.165, 1.54) is 0 Å². The third-order valence-corrected chi connectivity index (χ3v) is 1.46. The number of hydrogen-bond donors (Lipinski definition) is 1. The molecule has 0 bridgehead atoms. The quantitative estimate of drug-likeness (QED) is 0.608. The molecule has 0 aliphatic heterocycles. The molecule has 0 saturated carbocycles. The third-order valence-electron chi connectivity index (χ3n) is 0.924. The first kappa shape index (κ1) is 10.1. The molecule has 0 aromatic carbocycles. The Morgan fingerprint density at radius 3 is 2.30 bits per heavy atom. The Balaban J connectivity index is 3.29. The minimum Gasteiger partial charge on any atom is -0.772 e. The Kier molecular flexibility index (Phi) is 4.08. The van der Waals surface area contributed by atoms with Crippen molar-refractivity contribution in [1.82, 2.24) is 5.32 Å². The highest BCUT2D eigenvalue weighted by Gasteiger charge is 2.06. The van der Waals surface area contributed by atoms with Crippen molar-refractivity contribution < 1.29 is 8.76 Å². The van der Waals surface area contributed by atoms with Crippen molar-refractivity contribution in [2.75, 3.05) is 12.3 Å². The first-order chi connectivity index (χ1) is 4.42. The van der Waals surface area contributed by atoms with Gasteiger partial charge < -0.3 is 9.87 Å². The molecule has 1 unspecified atom stereocenters. The summed E-state index contributed by atoms with van der Waals surface area (Å²) in [5.41, 5.74) is 0.0133. The molecule has 62 valence electrons. The van der Waals surface area contributed by atoms with Gasteiger partial charge in [0.1, 0.15) is 0 Å². The van der Waals surface area contributed by atoms with E-state index in [0.29, 0.717) is 6.54 Å². The summed E-state index contributed by atoms with van der Waals surface area (Å²) in [6.07, 6.45) is 0. The van der Waals surface area contributed by atoms with Gasteiger partial charge in [0.05, 0.1) is 0 Å². The Labute approximate surface area is 64.5 Å². The predicted octanol–water partition coefficient (Wildman–Crippen LogP) is 0.254. The molecule has 0 saturated heterocycles. The smallest absolute Gasteiger partial charge is 0.0227 e. The van der Waals surface area contributed by atoms with Gasteiger partial charge in [0.2, 0.25) is 0 Å². The fourth-order valence-corrected chi connectivity index (χ4v) is 0.778. The van der Waals surface area contributed by atoms with Crippen LogP contribution in [0.15, 0.2) is 0 Å². The summed E-state index contributed by atoms with van der Waals surface area (Å²) in [4.78, 5) is 0. The second kappa shape index (κ2) is 4.05. The van der Waals surface area contributed by atoms with Crippen LogP contribution < -0.4 is 5.32 Å². The summed E-state index contributed by atoms with van der Waals surface area (Å²) in [5, 5.41) is 3.06. The average Bonchev–Trinajstić information content (AvgIpc) is 1.59. The summed E-state index contributed by atoms with van der Waals surface area (Å²) in [6, 6.07) is 0. The van der Waals surface area contributed by atoms with Crippen LogP contribution in [0.2, 0.25) is 0 Å². The zero-order valence-corrected chi connectivity index (χ0v) is 7.46. The van der Waals surface area contributed by atoms with Crippen molar-refractivity contribution in [2.24, 2.45) is 0 Å². The highest BCUT2D eigenvalue weighted by Crippen LogP contribution is 1.96. The number of nitrogens with one attached hydrogen (secondary N) is 1. The molecule has 4 heteroatoms. The van der Waals surface area contributed by atoms with Crippen molar-refractivity contribution in [3.05, 3.63) is 0 Å². The number of rotatable bonds is 3. The van der Waals surface area contributed by atoms with Crippen molar-refractivity contribution in [2.45, 2.75) is 26.3 Å². The lowest BCUT2D eigenvalue weighted by atomic mass is 10.1. The average molecular weight is 164 g/mol. The molecule has 0 radical (unpaired) electrons. The molecular formula is C6H14NO2S-. The maximum absolute atomic E-state index is 10.0. The van der Waals surface area contributed by atoms with E-state index in [2.05, 4.69) is 5.32 Å². The maximum Gasteiger partial charge on any atom is 0.0227 e. The van der Waals surface area contributed by atoms with Crippen LogP contribution >= 0.6 is 0 Å². The van der Waals surface area contributed by atoms with E-state index in [9.17, 15) is 8.76 Å². The molecule has 1 N–H and O–H groups in total. The summed E-state index contributed by atoms with van der Waals surface area (Å²) < 4.78 is 20.1. The molecule has 0 aromatic heterocycles. The van der Waals surface area contributed by atoms with Crippen LogP contribution in [0, 0.1) is 0 Å². The van der Waals surface area contributed by atoms with Gasteiger partial charge in [-0.3, -0.25) is 4.21 Å². The van der Waals surface area contributed by atoms with Gasteiger partial charge >= 0.3 is 0 Å². The lowest BCUT2D eigenvalue weighted by Crippen LogP contribution is -2.38. The first-order valence-corrected chi connectivity index (χ1v) is 4.47. The summed E-state index contributed by atoms with van der Waals surface area (Å²) in [6.45, 7) is 6.53. The van der Waals surface area contributed by atoms with E-state index in [4.69, 9.17) is 0 Å². The fraction of sp³-hybridized carbons (Fsp3) is 1.00. The zero-order valence-electron chi connectivity index (χ0n) is 6.64. The molecule has 10 heavy (non-hydrogen) atoms. The zero-order chi connectivity index (χ0) is 8.20. The van der Waals surface area contributed by atoms with Crippen LogP contribution in [0.5, 0.6) is 0 Å². The van der Waals surface area contributed by atoms with Gasteiger partial charge in [-0.05, 0) is 20.8 Å². The standard InChI is InChI=1S/C6H15NO2S/c1-6(2,3)7-4-5-10(8)9/h7H,4-5H2,1-3H3,(H,8,9)/p-1. The molecule has 0 fully saturated rings. The van der Waals surface area contributed by atoms with Crippen LogP contribution in [0.3, 0.4) is 0 Å². The van der Waals surface area contributed by atoms with E-state index >= 15 is 0 Å². The van der Waals surface area contributed by atoms with Gasteiger partial charge in [-0.1, -0.05) is 11.1 Å². The predicted molar refractivity (Wildman–Crippen MR) is 41.5 cm³/mol. The molecule has 0 spiro atoms. The molecule has 1 atom stereocenters. The highest BCUT2D eigenvalue weighted by molar-refractivity contribution is 7.79. The Morgan fingerprint density at radius 2 is 2.00 bits per heavy atom. The topological polar surface area (TPSA) is 52.2 Å². The van der Waals surface area contributed by atoms with Crippen molar-refractivity contribution in [3.63, 3.8) is 0 Å². The van der Waals surface area contributed by atoms with Gasteiger partial charge in [0.15, 0.2) is 0 Å². The molecule has 0 amide bonds. The molecule has 0 aromatic rings. The molecule has 0 rings (SSSR count). The second-order valence-corrected chi connectivity index (χ2v) is 4.20. The SMILES string of the molecule is CC(C)(C)NCCS(=O)[O-]. The van der Waals surface area contributed by atoms with Crippen molar-refractivity contribution in [1.29, 1.82) is 0 Å². The lowest BCUT2D eigenvalue weighted by molar-refractivity contribution is 0.437. The van der Waals surface area contributed by atoms with E-state index < -0.39 is 11.1 Å². The molecule has 0 aliphatic rings. The molecular weight excluding hydrogens is 150 g/mol. The van der Waals surface area contributed by atoms with E-state index in [0.717, 1.165) is 0 Å². The molecule has 0 aliphatic carbocycles. The largest absolute Gasteiger partial charge is 0.772 e. The molecule has 3 nitrogen and oxygen atoms in total. The second-order valence-electron chi connectivity index (χ2n) is 3.18. The first-order valence-electron chi connectivity index (χ1n) is 3.23. The van der Waals surface area contributed by atoms with Gasteiger partial charge in [-0.25, -0.2) is 0 Å². The van der Waals surface area contributed by atoms with E-state index in [1.807, 2.05) is 20.8 Å². The van der Waals surface area contributed by atoms with Gasteiger partial charge in [0.25, 0.3) is 0 Å². The van der Waals surface area contributed by atoms with Crippen LogP contribution in [0.4, 0.5) is 0 Å². The Hall–Kier alpha value is 0.0700. The van der Waals surface area contributed by atoms with Crippen LogP contribution in [-0.4, -0.2) is 26.6 Å². The van der Waals surface area contributed by atoms with E-state index in [-0.39, 0.29) is 11.3 Å². The fourth-order valence-electron chi connectivity index (χ4n) is 0.509.